The number of carbonyl (C=O) groups is 2. The summed E-state index contributed by atoms with van der Waals surface area (Å²) in [6.07, 6.45) is 0.738. The van der Waals surface area contributed by atoms with Crippen molar-refractivity contribution in [3.8, 4) is 5.75 Å². The molecule has 1 aliphatic rings. The van der Waals surface area contributed by atoms with E-state index in [9.17, 15) is 9.59 Å². The average molecular weight is 421 g/mol. The molecule has 1 unspecified atom stereocenters. The Morgan fingerprint density at radius 2 is 1.64 bits per heavy atom. The molecule has 1 atom stereocenters. The standard InChI is InChI=1S/C21H22Cl2N2O3/c1-13(26)24-15-5-4-6-16(11-15)25-19(27)20(2,3)28-17-9-7-14(8-10-17)18-12-21(18,22)23/h4-11,18H,12H2,1-3H3,(H,24,26)(H,25,27). The lowest BCUT2D eigenvalue weighted by Gasteiger charge is -2.25. The molecule has 1 saturated carbocycles. The highest BCUT2D eigenvalue weighted by Crippen LogP contribution is 2.59. The van der Waals surface area contributed by atoms with Gasteiger partial charge in [-0.3, -0.25) is 9.59 Å². The van der Waals surface area contributed by atoms with Gasteiger partial charge in [-0.2, -0.15) is 0 Å². The second-order valence-corrected chi connectivity index (χ2v) is 8.96. The van der Waals surface area contributed by atoms with E-state index in [-0.39, 0.29) is 17.7 Å². The quantitative estimate of drug-likeness (QED) is 0.638. The van der Waals surface area contributed by atoms with Gasteiger partial charge in [0.2, 0.25) is 5.91 Å². The zero-order valence-electron chi connectivity index (χ0n) is 15.9. The fourth-order valence-corrected chi connectivity index (χ4v) is 3.40. The van der Waals surface area contributed by atoms with Crippen LogP contribution in [0.4, 0.5) is 11.4 Å². The van der Waals surface area contributed by atoms with Crippen molar-refractivity contribution in [1.82, 2.24) is 0 Å². The van der Waals surface area contributed by atoms with Crippen molar-refractivity contribution in [1.29, 1.82) is 0 Å². The van der Waals surface area contributed by atoms with E-state index in [1.165, 1.54) is 6.92 Å². The monoisotopic (exact) mass is 420 g/mol. The summed E-state index contributed by atoms with van der Waals surface area (Å²) >= 11 is 12.2. The number of hydrogen-bond acceptors (Lipinski definition) is 3. The smallest absolute Gasteiger partial charge is 0.267 e. The van der Waals surface area contributed by atoms with Gasteiger partial charge in [0.1, 0.15) is 10.1 Å². The third-order valence-electron chi connectivity index (χ3n) is 4.47. The summed E-state index contributed by atoms with van der Waals surface area (Å²) in [6.45, 7) is 4.81. The van der Waals surface area contributed by atoms with Gasteiger partial charge in [-0.05, 0) is 56.2 Å². The number of benzene rings is 2. The number of amides is 2. The highest BCUT2D eigenvalue weighted by atomic mass is 35.5. The first-order chi connectivity index (χ1) is 13.1. The second-order valence-electron chi connectivity index (χ2n) is 7.42. The Morgan fingerprint density at radius 1 is 1.07 bits per heavy atom. The molecule has 0 heterocycles. The number of rotatable bonds is 6. The first kappa shape index (κ1) is 20.5. The van der Waals surface area contributed by atoms with Crippen molar-refractivity contribution in [3.05, 3.63) is 54.1 Å². The van der Waals surface area contributed by atoms with Crippen LogP contribution in [0.25, 0.3) is 0 Å². The number of hydrogen-bond donors (Lipinski definition) is 2. The molecule has 2 amide bonds. The van der Waals surface area contributed by atoms with Gasteiger partial charge < -0.3 is 15.4 Å². The fourth-order valence-electron chi connectivity index (χ4n) is 2.84. The molecule has 2 aromatic rings. The van der Waals surface area contributed by atoms with Gasteiger partial charge in [-0.25, -0.2) is 0 Å². The van der Waals surface area contributed by atoms with Crippen molar-refractivity contribution < 1.29 is 14.3 Å². The second kappa shape index (κ2) is 7.64. The molecule has 0 saturated heterocycles. The van der Waals surface area contributed by atoms with Crippen LogP contribution in [0.2, 0.25) is 0 Å². The molecule has 2 aromatic carbocycles. The van der Waals surface area contributed by atoms with Crippen LogP contribution >= 0.6 is 23.2 Å². The van der Waals surface area contributed by atoms with Gasteiger partial charge in [0.15, 0.2) is 5.60 Å². The molecule has 0 radical (unpaired) electrons. The summed E-state index contributed by atoms with van der Waals surface area (Å²) in [7, 11) is 0. The number of halogens is 2. The predicted octanol–water partition coefficient (Wildman–Crippen LogP) is 5.10. The molecule has 5 nitrogen and oxygen atoms in total. The lowest BCUT2D eigenvalue weighted by atomic mass is 10.1. The molecule has 0 spiro atoms. The van der Waals surface area contributed by atoms with Crippen molar-refractivity contribution in [2.75, 3.05) is 10.6 Å². The van der Waals surface area contributed by atoms with Crippen molar-refractivity contribution in [3.63, 3.8) is 0 Å². The Bertz CT molecular complexity index is 895. The molecule has 2 N–H and O–H groups in total. The molecule has 1 fully saturated rings. The summed E-state index contributed by atoms with van der Waals surface area (Å²) < 4.78 is 5.22. The summed E-state index contributed by atoms with van der Waals surface area (Å²) in [6, 6.07) is 14.4. The van der Waals surface area contributed by atoms with Gasteiger partial charge in [0, 0.05) is 24.2 Å². The Kier molecular flexibility index (Phi) is 5.60. The SMILES string of the molecule is CC(=O)Nc1cccc(NC(=O)C(C)(C)Oc2ccc(C3CC3(Cl)Cl)cc2)c1. The lowest BCUT2D eigenvalue weighted by Crippen LogP contribution is -2.42. The third-order valence-corrected chi connectivity index (χ3v) is 5.30. The molecular formula is C21H22Cl2N2O3. The van der Waals surface area contributed by atoms with E-state index in [1.807, 2.05) is 24.3 Å². The third kappa shape index (κ3) is 4.97. The zero-order chi connectivity index (χ0) is 20.5. The van der Waals surface area contributed by atoms with Gasteiger partial charge >= 0.3 is 0 Å². The van der Waals surface area contributed by atoms with Crippen LogP contribution in [-0.2, 0) is 9.59 Å². The summed E-state index contributed by atoms with van der Waals surface area (Å²) in [4.78, 5) is 23.9. The fraction of sp³-hybridized carbons (Fsp3) is 0.333. The number of anilines is 2. The molecule has 0 bridgehead atoms. The van der Waals surface area contributed by atoms with E-state index >= 15 is 0 Å². The minimum Gasteiger partial charge on any atom is -0.478 e. The van der Waals surface area contributed by atoms with Gasteiger partial charge in [0.05, 0.1) is 0 Å². The molecule has 0 aromatic heterocycles. The van der Waals surface area contributed by atoms with Gasteiger partial charge in [-0.15, -0.1) is 23.2 Å². The normalized spacial score (nSPS) is 17.5. The van der Waals surface area contributed by atoms with Crippen LogP contribution in [0.3, 0.4) is 0 Å². The molecule has 7 heteroatoms. The number of nitrogens with one attached hydrogen (secondary N) is 2. The van der Waals surface area contributed by atoms with E-state index in [1.54, 1.807) is 38.1 Å². The maximum Gasteiger partial charge on any atom is 0.267 e. The number of ether oxygens (including phenoxy) is 1. The molecule has 3 rings (SSSR count). The van der Waals surface area contributed by atoms with Crippen LogP contribution in [0.1, 0.15) is 38.7 Å². The van der Waals surface area contributed by atoms with Gasteiger partial charge in [-0.1, -0.05) is 18.2 Å². The molecule has 148 valence electrons. The van der Waals surface area contributed by atoms with Crippen LogP contribution in [0.15, 0.2) is 48.5 Å². The summed E-state index contributed by atoms with van der Waals surface area (Å²) in [5.41, 5.74) is 1.12. The largest absolute Gasteiger partial charge is 0.478 e. The van der Waals surface area contributed by atoms with Crippen LogP contribution < -0.4 is 15.4 Å². The number of alkyl halides is 2. The average Bonchev–Trinajstić information content (AvgIpc) is 3.23. The maximum absolute atomic E-state index is 12.7. The van der Waals surface area contributed by atoms with Crippen LogP contribution in [0.5, 0.6) is 5.75 Å². The first-order valence-electron chi connectivity index (χ1n) is 8.93. The topological polar surface area (TPSA) is 67.4 Å². The van der Waals surface area contributed by atoms with E-state index in [0.717, 1.165) is 12.0 Å². The molecule has 0 aliphatic heterocycles. The van der Waals surface area contributed by atoms with Crippen molar-refractivity contribution in [2.45, 2.75) is 43.0 Å². The highest BCUT2D eigenvalue weighted by Gasteiger charge is 2.52. The Hall–Kier alpha value is -2.24. The lowest BCUT2D eigenvalue weighted by molar-refractivity contribution is -0.128. The van der Waals surface area contributed by atoms with Crippen molar-refractivity contribution >= 4 is 46.4 Å². The minimum absolute atomic E-state index is 0.136. The van der Waals surface area contributed by atoms with E-state index in [4.69, 9.17) is 27.9 Å². The first-order valence-corrected chi connectivity index (χ1v) is 9.68. The van der Waals surface area contributed by atoms with Crippen LogP contribution in [-0.4, -0.2) is 21.7 Å². The summed E-state index contributed by atoms with van der Waals surface area (Å²) in [5.74, 6) is 0.227. The summed E-state index contributed by atoms with van der Waals surface area (Å²) in [5, 5.41) is 5.50. The van der Waals surface area contributed by atoms with Crippen molar-refractivity contribution in [2.24, 2.45) is 0 Å². The van der Waals surface area contributed by atoms with E-state index in [0.29, 0.717) is 17.1 Å². The zero-order valence-corrected chi connectivity index (χ0v) is 17.4. The Morgan fingerprint density at radius 3 is 2.18 bits per heavy atom. The molecule has 28 heavy (non-hydrogen) atoms. The predicted molar refractivity (Wildman–Crippen MR) is 112 cm³/mol. The molecular weight excluding hydrogens is 399 g/mol. The Balaban J connectivity index is 1.64. The maximum atomic E-state index is 12.7. The van der Waals surface area contributed by atoms with E-state index in [2.05, 4.69) is 10.6 Å². The highest BCUT2D eigenvalue weighted by molar-refractivity contribution is 6.51. The van der Waals surface area contributed by atoms with E-state index < -0.39 is 9.93 Å². The molecule has 1 aliphatic carbocycles. The Labute approximate surface area is 174 Å². The minimum atomic E-state index is -1.10. The van der Waals surface area contributed by atoms with Crippen LogP contribution in [0, 0.1) is 0 Å². The number of carbonyl (C=O) groups excluding carboxylic acids is 2. The van der Waals surface area contributed by atoms with Gasteiger partial charge in [0.25, 0.3) is 5.91 Å².